The van der Waals surface area contributed by atoms with Gasteiger partial charge >= 0.3 is 0 Å². The molecule has 1 aliphatic carbocycles. The van der Waals surface area contributed by atoms with Gasteiger partial charge in [-0.05, 0) is 48.9 Å². The molecule has 2 N–H and O–H groups in total. The largest absolute Gasteiger partial charge is 0.327 e. The van der Waals surface area contributed by atoms with Crippen LogP contribution in [-0.4, -0.2) is 6.54 Å². The summed E-state index contributed by atoms with van der Waals surface area (Å²) in [6.45, 7) is 1.62. The van der Waals surface area contributed by atoms with Crippen molar-refractivity contribution in [3.8, 4) is 0 Å². The first-order valence-corrected chi connectivity index (χ1v) is 5.23. The van der Waals surface area contributed by atoms with Crippen molar-refractivity contribution in [1.82, 2.24) is 0 Å². The molecule has 82 valence electrons. The number of hydrogen-bond acceptors (Lipinski definition) is 1. The summed E-state index contributed by atoms with van der Waals surface area (Å²) in [5.41, 5.74) is 5.03. The van der Waals surface area contributed by atoms with Crippen molar-refractivity contribution >= 4 is 0 Å². The number of aryl methyl sites for hydroxylation is 1. The van der Waals surface area contributed by atoms with Crippen LogP contribution in [0.3, 0.4) is 0 Å². The van der Waals surface area contributed by atoms with Crippen LogP contribution in [0.2, 0.25) is 0 Å². The van der Waals surface area contributed by atoms with Crippen molar-refractivity contribution in [2.75, 3.05) is 6.54 Å². The van der Waals surface area contributed by atoms with Gasteiger partial charge in [0, 0.05) is 6.54 Å². The molecule has 1 fully saturated rings. The predicted molar refractivity (Wildman–Crippen MR) is 55.7 cm³/mol. The van der Waals surface area contributed by atoms with Crippen LogP contribution in [-0.2, 0) is 5.67 Å². The average Bonchev–Trinajstić information content (AvgIpc) is 3.04. The topological polar surface area (TPSA) is 26.0 Å². The third-order valence-corrected chi connectivity index (χ3v) is 3.16. The van der Waals surface area contributed by atoms with Gasteiger partial charge in [-0.25, -0.2) is 8.78 Å². The highest BCUT2D eigenvalue weighted by molar-refractivity contribution is 5.31. The second-order valence-electron chi connectivity index (χ2n) is 4.30. The maximum Gasteiger partial charge on any atom is 0.150 e. The first-order chi connectivity index (χ1) is 7.08. The summed E-state index contributed by atoms with van der Waals surface area (Å²) in [5, 5.41) is 0. The van der Waals surface area contributed by atoms with Crippen LogP contribution in [0.15, 0.2) is 18.2 Å². The summed E-state index contributed by atoms with van der Waals surface area (Å²) in [5.74, 6) is -0.277. The first kappa shape index (κ1) is 10.6. The first-order valence-electron chi connectivity index (χ1n) is 5.23. The van der Waals surface area contributed by atoms with Gasteiger partial charge in [-0.15, -0.1) is 0 Å². The van der Waals surface area contributed by atoms with Gasteiger partial charge in [0.15, 0.2) is 5.67 Å². The van der Waals surface area contributed by atoms with E-state index in [0.29, 0.717) is 11.1 Å². The lowest BCUT2D eigenvalue weighted by Crippen LogP contribution is -2.32. The van der Waals surface area contributed by atoms with E-state index in [2.05, 4.69) is 0 Å². The number of rotatable bonds is 3. The highest BCUT2D eigenvalue weighted by Gasteiger charge is 2.46. The van der Waals surface area contributed by atoms with Crippen molar-refractivity contribution in [3.63, 3.8) is 0 Å². The van der Waals surface area contributed by atoms with Crippen LogP contribution in [0.25, 0.3) is 0 Å². The molecule has 15 heavy (non-hydrogen) atoms. The Morgan fingerprint density at radius 1 is 1.47 bits per heavy atom. The van der Waals surface area contributed by atoms with Crippen molar-refractivity contribution < 1.29 is 8.78 Å². The Kier molecular flexibility index (Phi) is 2.51. The van der Waals surface area contributed by atoms with Gasteiger partial charge in [-0.1, -0.05) is 6.07 Å². The summed E-state index contributed by atoms with van der Waals surface area (Å²) >= 11 is 0. The van der Waals surface area contributed by atoms with Crippen molar-refractivity contribution in [1.29, 1.82) is 0 Å². The third-order valence-electron chi connectivity index (χ3n) is 3.16. The molecule has 1 atom stereocenters. The smallest absolute Gasteiger partial charge is 0.150 e. The SMILES string of the molecule is Cc1cc(C(F)(CN)C2CC2)ccc1F. The molecule has 0 aliphatic heterocycles. The van der Waals surface area contributed by atoms with Gasteiger partial charge in [0.05, 0.1) is 0 Å². The lowest BCUT2D eigenvalue weighted by atomic mass is 9.90. The van der Waals surface area contributed by atoms with Crippen LogP contribution in [0.4, 0.5) is 8.78 Å². The molecule has 0 aromatic heterocycles. The monoisotopic (exact) mass is 211 g/mol. The minimum absolute atomic E-state index is 0.0207. The zero-order valence-corrected chi connectivity index (χ0v) is 8.76. The molecule has 1 aliphatic rings. The van der Waals surface area contributed by atoms with E-state index in [1.54, 1.807) is 13.0 Å². The fraction of sp³-hybridized carbons (Fsp3) is 0.500. The second-order valence-corrected chi connectivity index (χ2v) is 4.30. The third kappa shape index (κ3) is 1.76. The molecule has 3 heteroatoms. The van der Waals surface area contributed by atoms with Gasteiger partial charge in [-0.2, -0.15) is 0 Å². The molecular formula is C12H15F2N. The van der Waals surface area contributed by atoms with Crippen LogP contribution in [0.5, 0.6) is 0 Å². The molecule has 1 aromatic rings. The zero-order chi connectivity index (χ0) is 11.1. The Hall–Kier alpha value is -0.960. The molecule has 1 saturated carbocycles. The minimum Gasteiger partial charge on any atom is -0.327 e. The van der Waals surface area contributed by atoms with E-state index < -0.39 is 5.67 Å². The Morgan fingerprint density at radius 2 is 2.13 bits per heavy atom. The van der Waals surface area contributed by atoms with E-state index >= 15 is 0 Å². The number of hydrogen-bond donors (Lipinski definition) is 1. The molecule has 0 amide bonds. The van der Waals surface area contributed by atoms with E-state index in [1.165, 1.54) is 12.1 Å². The van der Waals surface area contributed by atoms with Crippen molar-refractivity contribution in [2.45, 2.75) is 25.4 Å². The van der Waals surface area contributed by atoms with Gasteiger partial charge in [0.2, 0.25) is 0 Å². The number of benzene rings is 1. The maximum absolute atomic E-state index is 14.5. The fourth-order valence-corrected chi connectivity index (χ4v) is 1.96. The summed E-state index contributed by atoms with van der Waals surface area (Å²) < 4.78 is 27.6. The number of halogens is 2. The quantitative estimate of drug-likeness (QED) is 0.817. The number of alkyl halides is 1. The molecule has 1 nitrogen and oxygen atoms in total. The Labute approximate surface area is 88.3 Å². The Bertz CT molecular complexity index is 374. The second kappa shape index (κ2) is 3.56. The molecular weight excluding hydrogens is 196 g/mol. The van der Waals surface area contributed by atoms with E-state index in [1.807, 2.05) is 0 Å². The van der Waals surface area contributed by atoms with Gasteiger partial charge in [0.25, 0.3) is 0 Å². The van der Waals surface area contributed by atoms with Crippen molar-refractivity contribution in [3.05, 3.63) is 35.1 Å². The van der Waals surface area contributed by atoms with Crippen LogP contribution in [0.1, 0.15) is 24.0 Å². The van der Waals surface area contributed by atoms with Gasteiger partial charge in [0.1, 0.15) is 5.82 Å². The lowest BCUT2D eigenvalue weighted by molar-refractivity contribution is 0.143. The molecule has 0 spiro atoms. The van der Waals surface area contributed by atoms with Crippen molar-refractivity contribution in [2.24, 2.45) is 11.7 Å². The summed E-state index contributed by atoms with van der Waals surface area (Å²) in [7, 11) is 0. The minimum atomic E-state index is -1.46. The van der Waals surface area contributed by atoms with Gasteiger partial charge < -0.3 is 5.73 Å². The normalized spacial score (nSPS) is 20.0. The summed E-state index contributed by atoms with van der Waals surface area (Å²) in [6, 6.07) is 4.39. The van der Waals surface area contributed by atoms with Crippen LogP contribution >= 0.6 is 0 Å². The maximum atomic E-state index is 14.5. The molecule has 1 aromatic carbocycles. The van der Waals surface area contributed by atoms with Crippen LogP contribution in [0, 0.1) is 18.7 Å². The zero-order valence-electron chi connectivity index (χ0n) is 8.76. The van der Waals surface area contributed by atoms with Gasteiger partial charge in [-0.3, -0.25) is 0 Å². The predicted octanol–water partition coefficient (Wildman–Crippen LogP) is 2.67. The molecule has 0 saturated heterocycles. The lowest BCUT2D eigenvalue weighted by Gasteiger charge is -2.24. The van der Waals surface area contributed by atoms with E-state index in [-0.39, 0.29) is 18.3 Å². The Balaban J connectivity index is 2.38. The van der Waals surface area contributed by atoms with E-state index in [9.17, 15) is 8.78 Å². The highest BCUT2D eigenvalue weighted by Crippen LogP contribution is 2.48. The fourth-order valence-electron chi connectivity index (χ4n) is 1.96. The van der Waals surface area contributed by atoms with E-state index in [0.717, 1.165) is 12.8 Å². The Morgan fingerprint density at radius 3 is 2.60 bits per heavy atom. The number of nitrogens with two attached hydrogens (primary N) is 1. The molecule has 0 bridgehead atoms. The molecule has 0 heterocycles. The molecule has 0 radical (unpaired) electrons. The van der Waals surface area contributed by atoms with Crippen LogP contribution < -0.4 is 5.73 Å². The standard InChI is InChI=1S/C12H15F2N/c1-8-6-10(4-5-11(8)13)12(14,7-15)9-2-3-9/h4-6,9H,2-3,7,15H2,1H3. The highest BCUT2D eigenvalue weighted by atomic mass is 19.1. The average molecular weight is 211 g/mol. The molecule has 2 rings (SSSR count). The van der Waals surface area contributed by atoms with E-state index in [4.69, 9.17) is 5.73 Å². The summed E-state index contributed by atoms with van der Waals surface area (Å²) in [6.07, 6.45) is 1.76. The summed E-state index contributed by atoms with van der Waals surface area (Å²) in [4.78, 5) is 0. The molecule has 1 unspecified atom stereocenters.